The fourth-order valence-electron chi connectivity index (χ4n) is 4.31. The molecule has 0 saturated carbocycles. The second-order valence-corrected chi connectivity index (χ2v) is 8.52. The van der Waals surface area contributed by atoms with Gasteiger partial charge in [0.15, 0.2) is 11.5 Å². The Balaban J connectivity index is 1.36. The molecule has 0 unspecified atom stereocenters. The standard InChI is InChI=1S/C27H30N2O4/c1-33-26-16-21(7-9-25(26)31)18-28-22-8-10-24(30)23(17-22)27(32)29-13-11-20(12-14-29)15-19-5-3-2-4-6-19/h2-10,16-17,20,28,30-31H,11-15,18H2,1H3. The molecule has 1 heterocycles. The van der Waals surface area contributed by atoms with Crippen LogP contribution >= 0.6 is 0 Å². The molecular weight excluding hydrogens is 416 g/mol. The summed E-state index contributed by atoms with van der Waals surface area (Å²) in [6.45, 7) is 1.88. The number of carbonyl (C=O) groups excluding carboxylic acids is 1. The minimum Gasteiger partial charge on any atom is -0.507 e. The molecule has 3 aromatic carbocycles. The fourth-order valence-corrected chi connectivity index (χ4v) is 4.31. The Morgan fingerprint density at radius 2 is 1.70 bits per heavy atom. The number of likely N-dealkylation sites (tertiary alicyclic amines) is 1. The van der Waals surface area contributed by atoms with Crippen LogP contribution in [0.1, 0.15) is 34.3 Å². The zero-order valence-corrected chi connectivity index (χ0v) is 18.8. The summed E-state index contributed by atoms with van der Waals surface area (Å²) in [6, 6.07) is 20.6. The quantitative estimate of drug-likeness (QED) is 0.454. The normalized spacial score (nSPS) is 14.2. The molecule has 1 aliphatic rings. The Morgan fingerprint density at radius 3 is 2.42 bits per heavy atom. The predicted octanol–water partition coefficient (Wildman–Crippen LogP) is 4.81. The highest BCUT2D eigenvalue weighted by Gasteiger charge is 2.25. The lowest BCUT2D eigenvalue weighted by Gasteiger charge is -2.32. The van der Waals surface area contributed by atoms with E-state index in [9.17, 15) is 15.0 Å². The van der Waals surface area contributed by atoms with E-state index in [2.05, 4.69) is 29.6 Å². The third kappa shape index (κ3) is 5.58. The molecule has 0 spiro atoms. The Labute approximate surface area is 194 Å². The molecule has 6 heteroatoms. The maximum absolute atomic E-state index is 13.1. The van der Waals surface area contributed by atoms with Gasteiger partial charge in [-0.1, -0.05) is 36.4 Å². The molecule has 0 bridgehead atoms. The number of phenols is 2. The van der Waals surface area contributed by atoms with Crippen molar-refractivity contribution in [1.82, 2.24) is 4.90 Å². The average molecular weight is 447 g/mol. The summed E-state index contributed by atoms with van der Waals surface area (Å²) >= 11 is 0. The van der Waals surface area contributed by atoms with Crippen LogP contribution in [0, 0.1) is 5.92 Å². The number of nitrogens with one attached hydrogen (secondary N) is 1. The highest BCUT2D eigenvalue weighted by Crippen LogP contribution is 2.29. The van der Waals surface area contributed by atoms with E-state index in [1.165, 1.54) is 12.7 Å². The molecule has 172 valence electrons. The zero-order valence-electron chi connectivity index (χ0n) is 18.8. The largest absolute Gasteiger partial charge is 0.507 e. The summed E-state index contributed by atoms with van der Waals surface area (Å²) < 4.78 is 5.15. The summed E-state index contributed by atoms with van der Waals surface area (Å²) in [5.74, 6) is 0.919. The number of methoxy groups -OCH3 is 1. The van der Waals surface area contributed by atoms with Gasteiger partial charge in [0.25, 0.3) is 5.91 Å². The van der Waals surface area contributed by atoms with Gasteiger partial charge in [-0.3, -0.25) is 4.79 Å². The summed E-state index contributed by atoms with van der Waals surface area (Å²) in [4.78, 5) is 15.0. The van der Waals surface area contributed by atoms with Gasteiger partial charge in [0, 0.05) is 25.3 Å². The van der Waals surface area contributed by atoms with Gasteiger partial charge in [-0.25, -0.2) is 0 Å². The van der Waals surface area contributed by atoms with Crippen LogP contribution in [0.3, 0.4) is 0 Å². The summed E-state index contributed by atoms with van der Waals surface area (Å²) in [7, 11) is 1.51. The van der Waals surface area contributed by atoms with Crippen molar-refractivity contribution in [2.75, 3.05) is 25.5 Å². The van der Waals surface area contributed by atoms with Crippen LogP contribution in [-0.2, 0) is 13.0 Å². The average Bonchev–Trinajstić information content (AvgIpc) is 2.85. The first kappa shape index (κ1) is 22.5. The van der Waals surface area contributed by atoms with E-state index >= 15 is 0 Å². The molecule has 1 amide bonds. The van der Waals surface area contributed by atoms with Gasteiger partial charge in [0.1, 0.15) is 5.75 Å². The number of ether oxygens (including phenoxy) is 1. The number of piperidine rings is 1. The molecule has 33 heavy (non-hydrogen) atoms. The molecule has 3 aromatic rings. The second kappa shape index (κ2) is 10.3. The molecule has 3 N–H and O–H groups in total. The van der Waals surface area contributed by atoms with E-state index in [0.29, 0.717) is 36.9 Å². The summed E-state index contributed by atoms with van der Waals surface area (Å²) in [5, 5.41) is 23.4. The van der Waals surface area contributed by atoms with E-state index in [1.807, 2.05) is 11.0 Å². The number of aromatic hydroxyl groups is 2. The summed E-state index contributed by atoms with van der Waals surface area (Å²) in [5.41, 5.74) is 3.31. The van der Waals surface area contributed by atoms with Gasteiger partial charge in [-0.2, -0.15) is 0 Å². The van der Waals surface area contributed by atoms with Crippen molar-refractivity contribution in [2.24, 2.45) is 5.92 Å². The molecular formula is C27H30N2O4. The molecule has 0 radical (unpaired) electrons. The Hall–Kier alpha value is -3.67. The number of amides is 1. The minimum absolute atomic E-state index is 0.0109. The number of nitrogens with zero attached hydrogens (tertiary/aromatic N) is 1. The predicted molar refractivity (Wildman–Crippen MR) is 129 cm³/mol. The summed E-state index contributed by atoms with van der Waals surface area (Å²) in [6.07, 6.45) is 2.96. The number of phenolic OH excluding ortho intramolecular Hbond substituents is 2. The van der Waals surface area contributed by atoms with Crippen LogP contribution in [0.4, 0.5) is 5.69 Å². The first-order valence-electron chi connectivity index (χ1n) is 11.3. The molecule has 6 nitrogen and oxygen atoms in total. The number of hydrogen-bond acceptors (Lipinski definition) is 5. The fraction of sp³-hybridized carbons (Fsp3) is 0.296. The number of benzene rings is 3. The number of carbonyl (C=O) groups is 1. The topological polar surface area (TPSA) is 82.0 Å². The lowest BCUT2D eigenvalue weighted by atomic mass is 9.90. The van der Waals surface area contributed by atoms with E-state index in [-0.39, 0.29) is 17.4 Å². The van der Waals surface area contributed by atoms with E-state index < -0.39 is 0 Å². The van der Waals surface area contributed by atoms with Gasteiger partial charge < -0.3 is 25.2 Å². The Bertz CT molecular complexity index is 1090. The number of rotatable bonds is 7. The van der Waals surface area contributed by atoms with Gasteiger partial charge in [-0.15, -0.1) is 0 Å². The second-order valence-electron chi connectivity index (χ2n) is 8.52. The van der Waals surface area contributed by atoms with Gasteiger partial charge >= 0.3 is 0 Å². The van der Waals surface area contributed by atoms with Crippen molar-refractivity contribution >= 4 is 11.6 Å². The molecule has 1 aliphatic heterocycles. The Kier molecular flexibility index (Phi) is 7.03. The van der Waals surface area contributed by atoms with Crippen molar-refractivity contribution in [3.63, 3.8) is 0 Å². The van der Waals surface area contributed by atoms with Crippen molar-refractivity contribution in [3.8, 4) is 17.2 Å². The SMILES string of the molecule is COc1cc(CNc2ccc(O)c(C(=O)N3CCC(Cc4ccccc4)CC3)c2)ccc1O. The third-order valence-corrected chi connectivity index (χ3v) is 6.24. The van der Waals surface area contributed by atoms with Crippen LogP contribution in [0.2, 0.25) is 0 Å². The molecule has 0 aliphatic carbocycles. The van der Waals surface area contributed by atoms with Crippen molar-refractivity contribution in [1.29, 1.82) is 0 Å². The van der Waals surface area contributed by atoms with E-state index in [4.69, 9.17) is 4.74 Å². The van der Waals surface area contributed by atoms with Crippen molar-refractivity contribution in [2.45, 2.75) is 25.8 Å². The molecule has 1 fully saturated rings. The number of hydrogen-bond donors (Lipinski definition) is 3. The van der Waals surface area contributed by atoms with E-state index in [0.717, 1.165) is 30.5 Å². The lowest BCUT2D eigenvalue weighted by Crippen LogP contribution is -2.39. The highest BCUT2D eigenvalue weighted by molar-refractivity contribution is 5.97. The van der Waals surface area contributed by atoms with Crippen LogP contribution < -0.4 is 10.1 Å². The van der Waals surface area contributed by atoms with Crippen LogP contribution in [0.5, 0.6) is 17.2 Å². The highest BCUT2D eigenvalue weighted by atomic mass is 16.5. The maximum Gasteiger partial charge on any atom is 0.257 e. The molecule has 4 rings (SSSR count). The Morgan fingerprint density at radius 1 is 0.970 bits per heavy atom. The molecule has 1 saturated heterocycles. The lowest BCUT2D eigenvalue weighted by molar-refractivity contribution is 0.0687. The van der Waals surface area contributed by atoms with Gasteiger partial charge in [0.2, 0.25) is 0 Å². The van der Waals surface area contributed by atoms with Crippen LogP contribution in [0.15, 0.2) is 66.7 Å². The molecule has 0 aromatic heterocycles. The van der Waals surface area contributed by atoms with Crippen LogP contribution in [-0.4, -0.2) is 41.2 Å². The monoisotopic (exact) mass is 446 g/mol. The third-order valence-electron chi connectivity index (χ3n) is 6.24. The molecule has 0 atom stereocenters. The first-order valence-corrected chi connectivity index (χ1v) is 11.3. The zero-order chi connectivity index (χ0) is 23.2. The van der Waals surface area contributed by atoms with Crippen LogP contribution in [0.25, 0.3) is 0 Å². The van der Waals surface area contributed by atoms with Crippen molar-refractivity contribution < 1.29 is 19.7 Å². The van der Waals surface area contributed by atoms with Gasteiger partial charge in [0.05, 0.1) is 12.7 Å². The maximum atomic E-state index is 13.1. The van der Waals surface area contributed by atoms with Crippen molar-refractivity contribution in [3.05, 3.63) is 83.4 Å². The van der Waals surface area contributed by atoms with E-state index in [1.54, 1.807) is 36.4 Å². The first-order chi connectivity index (χ1) is 16.0. The minimum atomic E-state index is -0.138. The van der Waals surface area contributed by atoms with Gasteiger partial charge in [-0.05, 0) is 66.6 Å². The smallest absolute Gasteiger partial charge is 0.257 e. The number of anilines is 1.